The van der Waals surface area contributed by atoms with Crippen molar-refractivity contribution in [2.45, 2.75) is 26.4 Å². The highest BCUT2D eigenvalue weighted by Crippen LogP contribution is 2.25. The highest BCUT2D eigenvalue weighted by molar-refractivity contribution is 5.47. The van der Waals surface area contributed by atoms with Crippen LogP contribution >= 0.6 is 0 Å². The summed E-state index contributed by atoms with van der Waals surface area (Å²) in [6, 6.07) is 18.0. The van der Waals surface area contributed by atoms with Gasteiger partial charge < -0.3 is 19.5 Å². The highest BCUT2D eigenvalue weighted by Gasteiger charge is 2.13. The summed E-state index contributed by atoms with van der Waals surface area (Å²) >= 11 is 0. The van der Waals surface area contributed by atoms with Crippen molar-refractivity contribution < 1.29 is 14.6 Å². The maximum atomic E-state index is 10.0. The molecule has 0 unspecified atom stereocenters. The van der Waals surface area contributed by atoms with E-state index in [1.54, 1.807) is 14.2 Å². The molecule has 146 valence electrons. The van der Waals surface area contributed by atoms with Crippen molar-refractivity contribution in [2.24, 2.45) is 0 Å². The van der Waals surface area contributed by atoms with Crippen LogP contribution in [-0.4, -0.2) is 24.3 Å². The number of anilines is 1. The van der Waals surface area contributed by atoms with Crippen LogP contribution in [0.3, 0.4) is 0 Å². The Bertz CT molecular complexity index is 843. The number of methoxy groups -OCH3 is 2. The van der Waals surface area contributed by atoms with Crippen molar-refractivity contribution in [1.82, 2.24) is 4.98 Å². The number of aromatic hydroxyl groups is 1. The van der Waals surface area contributed by atoms with Crippen LogP contribution in [0.25, 0.3) is 0 Å². The molecule has 2 aromatic carbocycles. The average Bonchev–Trinajstić information content (AvgIpc) is 2.74. The number of hydrogen-bond acceptors (Lipinski definition) is 5. The van der Waals surface area contributed by atoms with E-state index in [-0.39, 0.29) is 5.75 Å². The molecule has 0 fully saturated rings. The summed E-state index contributed by atoms with van der Waals surface area (Å²) in [6.07, 6.45) is 2.28. The van der Waals surface area contributed by atoms with Crippen molar-refractivity contribution in [1.29, 1.82) is 0 Å². The molecule has 3 aromatic rings. The molecule has 0 radical (unpaired) electrons. The van der Waals surface area contributed by atoms with Gasteiger partial charge in [0.15, 0.2) is 0 Å². The van der Waals surface area contributed by atoms with Gasteiger partial charge in [-0.05, 0) is 53.4 Å². The second-order valence-corrected chi connectivity index (χ2v) is 6.58. The van der Waals surface area contributed by atoms with Gasteiger partial charge in [-0.1, -0.05) is 31.2 Å². The average molecular weight is 378 g/mol. The topological polar surface area (TPSA) is 54.8 Å². The number of benzene rings is 2. The second kappa shape index (κ2) is 9.13. The Morgan fingerprint density at radius 1 is 0.857 bits per heavy atom. The fourth-order valence-corrected chi connectivity index (χ4v) is 3.05. The van der Waals surface area contributed by atoms with Crippen molar-refractivity contribution in [3.05, 3.63) is 77.5 Å². The van der Waals surface area contributed by atoms with Crippen LogP contribution < -0.4 is 14.4 Å². The van der Waals surface area contributed by atoms with E-state index in [9.17, 15) is 5.11 Å². The first-order valence-electron chi connectivity index (χ1n) is 9.31. The lowest BCUT2D eigenvalue weighted by Gasteiger charge is -2.25. The van der Waals surface area contributed by atoms with Crippen LogP contribution in [0, 0.1) is 0 Å². The highest BCUT2D eigenvalue weighted by atomic mass is 16.5. The quantitative estimate of drug-likeness (QED) is 0.622. The summed E-state index contributed by atoms with van der Waals surface area (Å²) < 4.78 is 10.5. The molecular weight excluding hydrogens is 352 g/mol. The lowest BCUT2D eigenvalue weighted by molar-refractivity contribution is 0.414. The van der Waals surface area contributed by atoms with Gasteiger partial charge >= 0.3 is 0 Å². The van der Waals surface area contributed by atoms with E-state index in [1.165, 1.54) is 6.20 Å². The number of nitrogens with zero attached hydrogens (tertiary/aromatic N) is 2. The molecule has 0 amide bonds. The summed E-state index contributed by atoms with van der Waals surface area (Å²) in [6.45, 7) is 3.41. The molecule has 0 saturated heterocycles. The van der Waals surface area contributed by atoms with Crippen molar-refractivity contribution in [3.63, 3.8) is 0 Å². The zero-order valence-corrected chi connectivity index (χ0v) is 16.6. The van der Waals surface area contributed by atoms with Gasteiger partial charge in [-0.2, -0.15) is 0 Å². The fraction of sp³-hybridized carbons (Fsp3) is 0.261. The Morgan fingerprint density at radius 3 is 1.79 bits per heavy atom. The largest absolute Gasteiger partial charge is 0.506 e. The SMILES string of the molecule is CCc1cc(N(Cc2ccc(OC)cc2)Cc2ccc(OC)cc2)ncc1O. The molecule has 0 atom stereocenters. The zero-order valence-electron chi connectivity index (χ0n) is 16.6. The second-order valence-electron chi connectivity index (χ2n) is 6.58. The first kappa shape index (κ1) is 19.5. The molecule has 28 heavy (non-hydrogen) atoms. The fourth-order valence-electron chi connectivity index (χ4n) is 3.05. The third-order valence-corrected chi connectivity index (χ3v) is 4.72. The van der Waals surface area contributed by atoms with Crippen LogP contribution in [0.5, 0.6) is 17.2 Å². The van der Waals surface area contributed by atoms with Gasteiger partial charge in [-0.3, -0.25) is 0 Å². The van der Waals surface area contributed by atoms with Gasteiger partial charge in [0.2, 0.25) is 0 Å². The minimum absolute atomic E-state index is 0.236. The maximum absolute atomic E-state index is 10.0. The van der Waals surface area contributed by atoms with Gasteiger partial charge in [-0.15, -0.1) is 0 Å². The third kappa shape index (κ3) is 4.74. The van der Waals surface area contributed by atoms with E-state index in [1.807, 2.05) is 37.3 Å². The molecular formula is C23H26N2O3. The van der Waals surface area contributed by atoms with Gasteiger partial charge in [-0.25, -0.2) is 4.98 Å². The van der Waals surface area contributed by atoms with Crippen molar-refractivity contribution >= 4 is 5.82 Å². The molecule has 0 bridgehead atoms. The predicted molar refractivity (Wildman–Crippen MR) is 111 cm³/mol. The van der Waals surface area contributed by atoms with Gasteiger partial charge in [0.25, 0.3) is 0 Å². The lowest BCUT2D eigenvalue weighted by Crippen LogP contribution is -2.23. The monoisotopic (exact) mass is 378 g/mol. The first-order valence-corrected chi connectivity index (χ1v) is 9.31. The molecule has 1 N–H and O–H groups in total. The Kier molecular flexibility index (Phi) is 6.37. The molecule has 1 heterocycles. The zero-order chi connectivity index (χ0) is 19.9. The smallest absolute Gasteiger partial charge is 0.137 e. The summed E-state index contributed by atoms with van der Waals surface area (Å²) in [5, 5.41) is 10.0. The van der Waals surface area contributed by atoms with E-state index >= 15 is 0 Å². The van der Waals surface area contributed by atoms with E-state index in [2.05, 4.69) is 34.1 Å². The van der Waals surface area contributed by atoms with E-state index in [4.69, 9.17) is 9.47 Å². The number of hydrogen-bond donors (Lipinski definition) is 1. The summed E-state index contributed by atoms with van der Waals surface area (Å²) in [5.41, 5.74) is 3.20. The molecule has 0 aliphatic rings. The van der Waals surface area contributed by atoms with E-state index in [0.29, 0.717) is 13.1 Å². The van der Waals surface area contributed by atoms with E-state index < -0.39 is 0 Å². The van der Waals surface area contributed by atoms with Gasteiger partial charge in [0, 0.05) is 13.1 Å². The predicted octanol–water partition coefficient (Wildman–Crippen LogP) is 4.57. The Hall–Kier alpha value is -3.21. The number of pyridine rings is 1. The maximum Gasteiger partial charge on any atom is 0.137 e. The third-order valence-electron chi connectivity index (χ3n) is 4.72. The molecule has 0 aliphatic carbocycles. The molecule has 0 saturated carbocycles. The van der Waals surface area contributed by atoms with Crippen molar-refractivity contribution in [3.8, 4) is 17.2 Å². The molecule has 3 rings (SSSR count). The standard InChI is InChI=1S/C23H26N2O3/c1-4-19-13-23(24-14-22(19)26)25(15-17-5-9-20(27-2)10-6-17)16-18-7-11-21(28-3)12-8-18/h5-14,26H,4,15-16H2,1-3H3. The normalized spacial score (nSPS) is 10.5. The van der Waals surface area contributed by atoms with Gasteiger partial charge in [0.1, 0.15) is 23.1 Å². The summed E-state index contributed by atoms with van der Waals surface area (Å²) in [5.74, 6) is 2.74. The minimum Gasteiger partial charge on any atom is -0.506 e. The van der Waals surface area contributed by atoms with Crippen LogP contribution in [0.15, 0.2) is 60.8 Å². The van der Waals surface area contributed by atoms with Crippen LogP contribution in [0.4, 0.5) is 5.82 Å². The molecule has 5 heteroatoms. The van der Waals surface area contributed by atoms with Crippen LogP contribution in [-0.2, 0) is 19.5 Å². The van der Waals surface area contributed by atoms with Crippen molar-refractivity contribution in [2.75, 3.05) is 19.1 Å². The molecule has 1 aromatic heterocycles. The van der Waals surface area contributed by atoms with Crippen LogP contribution in [0.2, 0.25) is 0 Å². The number of rotatable bonds is 8. The Balaban J connectivity index is 1.89. The number of ether oxygens (including phenoxy) is 2. The Labute approximate surface area is 166 Å². The number of aryl methyl sites for hydroxylation is 1. The lowest BCUT2D eigenvalue weighted by atomic mass is 10.1. The molecule has 0 spiro atoms. The summed E-state index contributed by atoms with van der Waals surface area (Å²) in [4.78, 5) is 6.67. The first-order chi connectivity index (χ1) is 13.6. The molecule has 5 nitrogen and oxygen atoms in total. The van der Waals surface area contributed by atoms with Gasteiger partial charge in [0.05, 0.1) is 20.4 Å². The molecule has 0 aliphatic heterocycles. The summed E-state index contributed by atoms with van der Waals surface area (Å²) in [7, 11) is 3.33. The minimum atomic E-state index is 0.236. The number of aromatic nitrogens is 1. The van der Waals surface area contributed by atoms with E-state index in [0.717, 1.165) is 40.4 Å². The Morgan fingerprint density at radius 2 is 1.36 bits per heavy atom. The van der Waals surface area contributed by atoms with Crippen LogP contribution in [0.1, 0.15) is 23.6 Å².